The molecule has 0 bridgehead atoms. The van der Waals surface area contributed by atoms with Crippen molar-refractivity contribution in [2.75, 3.05) is 12.4 Å². The Morgan fingerprint density at radius 1 is 1.29 bits per heavy atom. The number of hydrogen-bond donors (Lipinski definition) is 3. The van der Waals surface area contributed by atoms with Crippen molar-refractivity contribution in [2.45, 2.75) is 32.7 Å². The summed E-state index contributed by atoms with van der Waals surface area (Å²) in [6.45, 7) is 4.35. The quantitative estimate of drug-likeness (QED) is 0.650. The van der Waals surface area contributed by atoms with E-state index in [0.717, 1.165) is 22.2 Å². The third-order valence-corrected chi connectivity index (χ3v) is 5.27. The SMILES string of the molecule is COc1ccc2c(c1)C(C(=O)NCc1nc3c(C)c(C)ccc3[nH]1)CC(=O)N2. The van der Waals surface area contributed by atoms with E-state index in [0.29, 0.717) is 17.3 Å². The van der Waals surface area contributed by atoms with Crippen LogP contribution in [0.5, 0.6) is 5.75 Å². The molecule has 144 valence electrons. The molecule has 4 rings (SSSR count). The van der Waals surface area contributed by atoms with Crippen LogP contribution in [0.3, 0.4) is 0 Å². The van der Waals surface area contributed by atoms with Crippen molar-refractivity contribution in [3.63, 3.8) is 0 Å². The lowest BCUT2D eigenvalue weighted by Gasteiger charge is -2.25. The molecule has 0 fully saturated rings. The third kappa shape index (κ3) is 3.19. The van der Waals surface area contributed by atoms with Crippen LogP contribution in [-0.4, -0.2) is 28.9 Å². The molecule has 3 aromatic rings. The van der Waals surface area contributed by atoms with Crippen LogP contribution in [0.25, 0.3) is 11.0 Å². The molecule has 3 N–H and O–H groups in total. The average molecular weight is 378 g/mol. The number of carbonyl (C=O) groups excluding carboxylic acids is 2. The number of hydrogen-bond acceptors (Lipinski definition) is 4. The first-order valence-corrected chi connectivity index (χ1v) is 9.16. The van der Waals surface area contributed by atoms with Crippen LogP contribution < -0.4 is 15.4 Å². The molecule has 2 aromatic carbocycles. The van der Waals surface area contributed by atoms with Crippen molar-refractivity contribution in [3.8, 4) is 5.75 Å². The monoisotopic (exact) mass is 378 g/mol. The van der Waals surface area contributed by atoms with E-state index in [2.05, 4.69) is 20.6 Å². The van der Waals surface area contributed by atoms with E-state index in [4.69, 9.17) is 4.74 Å². The number of aromatic amines is 1. The number of methoxy groups -OCH3 is 1. The van der Waals surface area contributed by atoms with Crippen LogP contribution in [-0.2, 0) is 16.1 Å². The lowest BCUT2D eigenvalue weighted by Crippen LogP contribution is -2.35. The fourth-order valence-corrected chi connectivity index (χ4v) is 3.54. The molecule has 0 aliphatic carbocycles. The van der Waals surface area contributed by atoms with Crippen LogP contribution in [0.1, 0.15) is 34.9 Å². The number of anilines is 1. The van der Waals surface area contributed by atoms with Gasteiger partial charge >= 0.3 is 0 Å². The number of carbonyl (C=O) groups is 2. The van der Waals surface area contributed by atoms with E-state index < -0.39 is 5.92 Å². The maximum Gasteiger partial charge on any atom is 0.228 e. The zero-order chi connectivity index (χ0) is 19.8. The Hall–Kier alpha value is -3.35. The summed E-state index contributed by atoms with van der Waals surface area (Å²) in [6.07, 6.45) is 0.102. The highest BCUT2D eigenvalue weighted by Gasteiger charge is 2.31. The van der Waals surface area contributed by atoms with Gasteiger partial charge in [0.25, 0.3) is 0 Å². The number of H-pyrrole nitrogens is 1. The van der Waals surface area contributed by atoms with E-state index in [1.165, 1.54) is 5.56 Å². The lowest BCUT2D eigenvalue weighted by molar-refractivity contribution is -0.126. The first kappa shape index (κ1) is 18.0. The summed E-state index contributed by atoms with van der Waals surface area (Å²) in [7, 11) is 1.57. The van der Waals surface area contributed by atoms with Gasteiger partial charge in [0.2, 0.25) is 11.8 Å². The van der Waals surface area contributed by atoms with Gasteiger partial charge in [0.15, 0.2) is 0 Å². The summed E-state index contributed by atoms with van der Waals surface area (Å²) in [5, 5.41) is 5.72. The molecule has 0 saturated carbocycles. The molecule has 0 spiro atoms. The minimum atomic E-state index is -0.563. The fourth-order valence-electron chi connectivity index (χ4n) is 3.54. The molecule has 2 amide bonds. The second-order valence-corrected chi connectivity index (χ2v) is 7.06. The van der Waals surface area contributed by atoms with Crippen molar-refractivity contribution < 1.29 is 14.3 Å². The largest absolute Gasteiger partial charge is 0.497 e. The predicted octanol–water partition coefficient (Wildman–Crippen LogP) is 2.93. The zero-order valence-electron chi connectivity index (χ0n) is 16.1. The summed E-state index contributed by atoms with van der Waals surface area (Å²) >= 11 is 0. The summed E-state index contributed by atoms with van der Waals surface area (Å²) < 4.78 is 5.26. The van der Waals surface area contributed by atoms with Gasteiger partial charge in [-0.2, -0.15) is 0 Å². The van der Waals surface area contributed by atoms with Crippen molar-refractivity contribution in [3.05, 3.63) is 52.8 Å². The highest BCUT2D eigenvalue weighted by molar-refractivity contribution is 6.01. The number of aryl methyl sites for hydroxylation is 2. The molecule has 7 heteroatoms. The topological polar surface area (TPSA) is 96.1 Å². The maximum absolute atomic E-state index is 12.8. The highest BCUT2D eigenvalue weighted by atomic mass is 16.5. The molecule has 1 atom stereocenters. The number of nitrogens with one attached hydrogen (secondary N) is 3. The number of fused-ring (bicyclic) bond motifs is 2. The molecule has 1 unspecified atom stereocenters. The van der Waals surface area contributed by atoms with Crippen molar-refractivity contribution in [2.24, 2.45) is 0 Å². The average Bonchev–Trinajstić information content (AvgIpc) is 3.12. The Labute approximate surface area is 162 Å². The third-order valence-electron chi connectivity index (χ3n) is 5.27. The van der Waals surface area contributed by atoms with Crippen LogP contribution >= 0.6 is 0 Å². The van der Waals surface area contributed by atoms with Crippen LogP contribution in [0, 0.1) is 13.8 Å². The summed E-state index contributed by atoms with van der Waals surface area (Å²) in [5.41, 5.74) is 5.56. The predicted molar refractivity (Wildman–Crippen MR) is 106 cm³/mol. The maximum atomic E-state index is 12.8. The Morgan fingerprint density at radius 2 is 2.11 bits per heavy atom. The molecular weight excluding hydrogens is 356 g/mol. The standard InChI is InChI=1S/C21H22N4O3/c1-11-4-6-17-20(12(11)2)25-18(23-17)10-22-21(27)15-9-19(26)24-16-7-5-13(28-3)8-14(15)16/h4-8,15H,9-10H2,1-3H3,(H,22,27)(H,23,25)(H,24,26). The number of rotatable bonds is 4. The van der Waals surface area contributed by atoms with Gasteiger partial charge in [0.05, 0.1) is 30.6 Å². The van der Waals surface area contributed by atoms with Gasteiger partial charge in [-0.3, -0.25) is 9.59 Å². The molecule has 1 aliphatic rings. The first-order chi connectivity index (χ1) is 13.5. The number of ether oxygens (including phenoxy) is 1. The Morgan fingerprint density at radius 3 is 2.89 bits per heavy atom. The second kappa shape index (κ2) is 6.99. The molecular formula is C21H22N4O3. The van der Waals surface area contributed by atoms with Gasteiger partial charge in [0, 0.05) is 12.1 Å². The molecule has 1 aromatic heterocycles. The number of amides is 2. The highest BCUT2D eigenvalue weighted by Crippen LogP contribution is 2.35. The van der Waals surface area contributed by atoms with Crippen LogP contribution in [0.15, 0.2) is 30.3 Å². The molecule has 7 nitrogen and oxygen atoms in total. The molecule has 1 aliphatic heterocycles. The summed E-state index contributed by atoms with van der Waals surface area (Å²) in [6, 6.07) is 9.35. The number of aromatic nitrogens is 2. The number of benzene rings is 2. The normalized spacial score (nSPS) is 15.8. The molecule has 28 heavy (non-hydrogen) atoms. The Kier molecular flexibility index (Phi) is 4.50. The van der Waals surface area contributed by atoms with E-state index in [9.17, 15) is 9.59 Å². The minimum absolute atomic E-state index is 0.102. The van der Waals surface area contributed by atoms with Gasteiger partial charge in [-0.05, 0) is 54.8 Å². The fraction of sp³-hybridized carbons (Fsp3) is 0.286. The van der Waals surface area contributed by atoms with Gasteiger partial charge in [-0.1, -0.05) is 6.07 Å². The van der Waals surface area contributed by atoms with Gasteiger partial charge in [0.1, 0.15) is 11.6 Å². The molecule has 0 saturated heterocycles. The minimum Gasteiger partial charge on any atom is -0.497 e. The van der Waals surface area contributed by atoms with E-state index >= 15 is 0 Å². The lowest BCUT2D eigenvalue weighted by atomic mass is 9.89. The van der Waals surface area contributed by atoms with Crippen molar-refractivity contribution in [1.82, 2.24) is 15.3 Å². The molecule has 0 radical (unpaired) electrons. The van der Waals surface area contributed by atoms with E-state index in [1.54, 1.807) is 25.3 Å². The van der Waals surface area contributed by atoms with E-state index in [1.807, 2.05) is 26.0 Å². The van der Waals surface area contributed by atoms with Crippen LogP contribution in [0.4, 0.5) is 5.69 Å². The molecule has 2 heterocycles. The summed E-state index contributed by atoms with van der Waals surface area (Å²) in [4.78, 5) is 32.7. The van der Waals surface area contributed by atoms with Gasteiger partial charge in [-0.15, -0.1) is 0 Å². The zero-order valence-corrected chi connectivity index (χ0v) is 16.1. The second-order valence-electron chi connectivity index (χ2n) is 7.06. The number of imidazole rings is 1. The smallest absolute Gasteiger partial charge is 0.228 e. The van der Waals surface area contributed by atoms with Crippen molar-refractivity contribution >= 4 is 28.5 Å². The van der Waals surface area contributed by atoms with Gasteiger partial charge in [-0.25, -0.2) is 4.98 Å². The van der Waals surface area contributed by atoms with Gasteiger partial charge < -0.3 is 20.4 Å². The number of nitrogens with zero attached hydrogens (tertiary/aromatic N) is 1. The first-order valence-electron chi connectivity index (χ1n) is 9.16. The van der Waals surface area contributed by atoms with Crippen molar-refractivity contribution in [1.29, 1.82) is 0 Å². The Balaban J connectivity index is 1.54. The Bertz CT molecular complexity index is 1090. The van der Waals surface area contributed by atoms with E-state index in [-0.39, 0.29) is 24.8 Å². The van der Waals surface area contributed by atoms with Crippen LogP contribution in [0.2, 0.25) is 0 Å². The summed E-state index contributed by atoms with van der Waals surface area (Å²) in [5.74, 6) is 0.386.